The lowest BCUT2D eigenvalue weighted by Gasteiger charge is -2.00. The van der Waals surface area contributed by atoms with Crippen molar-refractivity contribution in [2.24, 2.45) is 11.0 Å². The van der Waals surface area contributed by atoms with Crippen molar-refractivity contribution in [2.75, 3.05) is 0 Å². The maximum atomic E-state index is 12.0. The molecule has 0 aliphatic heterocycles. The van der Waals surface area contributed by atoms with Gasteiger partial charge in [0.15, 0.2) is 0 Å². The minimum absolute atomic E-state index is 0.0239. The highest BCUT2D eigenvalue weighted by molar-refractivity contribution is 6.33. The van der Waals surface area contributed by atoms with Crippen molar-refractivity contribution in [3.05, 3.63) is 70.7 Å². The lowest BCUT2D eigenvalue weighted by Crippen LogP contribution is -2.20. The van der Waals surface area contributed by atoms with Crippen molar-refractivity contribution in [2.45, 2.75) is 12.3 Å². The number of nitrogens with one attached hydrogen (secondary N) is 1. The van der Waals surface area contributed by atoms with Gasteiger partial charge in [0.2, 0.25) is 5.91 Å². The quantitative estimate of drug-likeness (QED) is 0.680. The largest absolute Gasteiger partial charge is 0.273 e. The standard InChI is InChI=1S/C17H15ClN2O/c18-16-9-5-4-8-13(16)11-19-20-17(21)15-10-14(15)12-6-2-1-3-7-12/h1-9,11,14-15H,10H2,(H,20,21). The maximum absolute atomic E-state index is 12.0. The number of halogens is 1. The molecule has 1 saturated carbocycles. The molecule has 0 radical (unpaired) electrons. The molecule has 4 heteroatoms. The fourth-order valence-corrected chi connectivity index (χ4v) is 2.57. The zero-order chi connectivity index (χ0) is 14.7. The number of nitrogens with zero attached hydrogens (tertiary/aromatic N) is 1. The Kier molecular flexibility index (Phi) is 4.02. The summed E-state index contributed by atoms with van der Waals surface area (Å²) in [5.74, 6) is 0.310. The van der Waals surface area contributed by atoms with E-state index in [0.29, 0.717) is 10.9 Å². The Labute approximate surface area is 128 Å². The molecule has 3 rings (SSSR count). The Hall–Kier alpha value is -2.13. The van der Waals surface area contributed by atoms with E-state index in [-0.39, 0.29) is 11.8 Å². The van der Waals surface area contributed by atoms with E-state index in [2.05, 4.69) is 22.7 Å². The van der Waals surface area contributed by atoms with E-state index < -0.39 is 0 Å². The summed E-state index contributed by atoms with van der Waals surface area (Å²) < 4.78 is 0. The van der Waals surface area contributed by atoms with Crippen molar-refractivity contribution >= 4 is 23.7 Å². The molecule has 0 heterocycles. The zero-order valence-electron chi connectivity index (χ0n) is 11.4. The summed E-state index contributed by atoms with van der Waals surface area (Å²) >= 11 is 6.01. The third-order valence-electron chi connectivity index (χ3n) is 3.64. The number of carbonyl (C=O) groups excluding carboxylic acids is 1. The van der Waals surface area contributed by atoms with Gasteiger partial charge in [0.1, 0.15) is 0 Å². The molecule has 1 aliphatic carbocycles. The van der Waals surface area contributed by atoms with Crippen LogP contribution < -0.4 is 5.43 Å². The minimum Gasteiger partial charge on any atom is -0.273 e. The van der Waals surface area contributed by atoms with Crippen LogP contribution in [0.1, 0.15) is 23.5 Å². The smallest absolute Gasteiger partial charge is 0.243 e. The summed E-state index contributed by atoms with van der Waals surface area (Å²) in [4.78, 5) is 12.0. The Balaban J connectivity index is 1.56. The number of benzene rings is 2. The van der Waals surface area contributed by atoms with Gasteiger partial charge in [0, 0.05) is 16.5 Å². The second kappa shape index (κ2) is 6.10. The lowest BCUT2D eigenvalue weighted by atomic mass is 10.1. The van der Waals surface area contributed by atoms with Crippen LogP contribution in [0.3, 0.4) is 0 Å². The number of rotatable bonds is 4. The number of hydrazone groups is 1. The highest BCUT2D eigenvalue weighted by Gasteiger charge is 2.43. The highest BCUT2D eigenvalue weighted by atomic mass is 35.5. The molecule has 2 unspecified atom stereocenters. The first-order valence-electron chi connectivity index (χ1n) is 6.88. The minimum atomic E-state index is -0.0350. The predicted molar refractivity (Wildman–Crippen MR) is 84.5 cm³/mol. The third kappa shape index (κ3) is 3.31. The molecule has 3 nitrogen and oxygen atoms in total. The molecule has 1 amide bonds. The molecular formula is C17H15ClN2O. The first-order valence-corrected chi connectivity index (χ1v) is 7.26. The molecule has 0 aromatic heterocycles. The molecule has 0 spiro atoms. The molecule has 1 N–H and O–H groups in total. The molecular weight excluding hydrogens is 284 g/mol. The molecule has 1 fully saturated rings. The first kappa shape index (κ1) is 13.8. The summed E-state index contributed by atoms with van der Waals surface area (Å²) in [5.41, 5.74) is 4.59. The number of hydrogen-bond acceptors (Lipinski definition) is 2. The Morgan fingerprint density at radius 3 is 2.62 bits per heavy atom. The predicted octanol–water partition coefficient (Wildman–Crippen LogP) is 3.59. The topological polar surface area (TPSA) is 41.5 Å². The molecule has 21 heavy (non-hydrogen) atoms. The zero-order valence-corrected chi connectivity index (χ0v) is 12.1. The van der Waals surface area contributed by atoms with Gasteiger partial charge < -0.3 is 0 Å². The lowest BCUT2D eigenvalue weighted by molar-refractivity contribution is -0.122. The maximum Gasteiger partial charge on any atom is 0.243 e. The number of hydrogen-bond donors (Lipinski definition) is 1. The molecule has 2 aromatic carbocycles. The summed E-state index contributed by atoms with van der Waals surface area (Å²) in [5, 5.41) is 4.60. The first-order chi connectivity index (χ1) is 10.3. The van der Waals surface area contributed by atoms with Gasteiger partial charge in [-0.15, -0.1) is 0 Å². The van der Waals surface area contributed by atoms with Gasteiger partial charge in [-0.2, -0.15) is 5.10 Å². The second-order valence-electron chi connectivity index (χ2n) is 5.12. The van der Waals surface area contributed by atoms with E-state index >= 15 is 0 Å². The van der Waals surface area contributed by atoms with Crippen LogP contribution in [0.4, 0.5) is 0 Å². The van der Waals surface area contributed by atoms with Crippen LogP contribution in [0.5, 0.6) is 0 Å². The van der Waals surface area contributed by atoms with Gasteiger partial charge in [0.25, 0.3) is 0 Å². The van der Waals surface area contributed by atoms with Crippen LogP contribution in [-0.4, -0.2) is 12.1 Å². The van der Waals surface area contributed by atoms with E-state index in [9.17, 15) is 4.79 Å². The van der Waals surface area contributed by atoms with Crippen LogP contribution in [0, 0.1) is 5.92 Å². The van der Waals surface area contributed by atoms with Crippen molar-refractivity contribution in [1.29, 1.82) is 0 Å². The second-order valence-corrected chi connectivity index (χ2v) is 5.52. The van der Waals surface area contributed by atoms with Crippen molar-refractivity contribution in [3.8, 4) is 0 Å². The Morgan fingerprint density at radius 1 is 1.14 bits per heavy atom. The fourth-order valence-electron chi connectivity index (χ4n) is 2.38. The fraction of sp³-hybridized carbons (Fsp3) is 0.176. The monoisotopic (exact) mass is 298 g/mol. The number of amides is 1. The Bertz CT molecular complexity index is 670. The van der Waals surface area contributed by atoms with Gasteiger partial charge in [0.05, 0.1) is 6.21 Å². The normalized spacial score (nSPS) is 20.4. The summed E-state index contributed by atoms with van der Waals surface area (Å²) in [6.07, 6.45) is 2.46. The molecule has 0 bridgehead atoms. The van der Waals surface area contributed by atoms with E-state index in [1.165, 1.54) is 5.56 Å². The van der Waals surface area contributed by atoms with Crippen LogP contribution in [-0.2, 0) is 4.79 Å². The van der Waals surface area contributed by atoms with E-state index in [1.807, 2.05) is 36.4 Å². The average molecular weight is 299 g/mol. The van der Waals surface area contributed by atoms with Crippen LogP contribution in [0.15, 0.2) is 59.7 Å². The number of carbonyl (C=O) groups is 1. The van der Waals surface area contributed by atoms with Crippen molar-refractivity contribution in [1.82, 2.24) is 5.43 Å². The van der Waals surface area contributed by atoms with E-state index in [4.69, 9.17) is 11.6 Å². The van der Waals surface area contributed by atoms with Gasteiger partial charge in [-0.3, -0.25) is 4.79 Å². The molecule has 2 atom stereocenters. The molecule has 2 aromatic rings. The third-order valence-corrected chi connectivity index (χ3v) is 3.98. The van der Waals surface area contributed by atoms with Crippen LogP contribution >= 0.6 is 11.6 Å². The van der Waals surface area contributed by atoms with Crippen molar-refractivity contribution in [3.63, 3.8) is 0 Å². The van der Waals surface area contributed by atoms with Gasteiger partial charge >= 0.3 is 0 Å². The summed E-state index contributed by atoms with van der Waals surface area (Å²) in [6, 6.07) is 17.5. The average Bonchev–Trinajstić information content (AvgIpc) is 3.31. The van der Waals surface area contributed by atoms with Crippen LogP contribution in [0.2, 0.25) is 5.02 Å². The van der Waals surface area contributed by atoms with Crippen LogP contribution in [0.25, 0.3) is 0 Å². The van der Waals surface area contributed by atoms with Gasteiger partial charge in [-0.25, -0.2) is 5.43 Å². The Morgan fingerprint density at radius 2 is 1.86 bits per heavy atom. The van der Waals surface area contributed by atoms with Gasteiger partial charge in [-0.05, 0) is 24.0 Å². The van der Waals surface area contributed by atoms with E-state index in [0.717, 1.165) is 12.0 Å². The van der Waals surface area contributed by atoms with Crippen molar-refractivity contribution < 1.29 is 4.79 Å². The SMILES string of the molecule is O=C(NN=Cc1ccccc1Cl)C1CC1c1ccccc1. The molecule has 0 saturated heterocycles. The molecule has 106 valence electrons. The summed E-state index contributed by atoms with van der Waals surface area (Å²) in [6.45, 7) is 0. The highest BCUT2D eigenvalue weighted by Crippen LogP contribution is 2.47. The summed E-state index contributed by atoms with van der Waals surface area (Å²) in [7, 11) is 0. The van der Waals surface area contributed by atoms with E-state index in [1.54, 1.807) is 12.3 Å². The molecule has 1 aliphatic rings. The van der Waals surface area contributed by atoms with Gasteiger partial charge in [-0.1, -0.05) is 60.1 Å².